The average molecular weight is 467 g/mol. The zero-order chi connectivity index (χ0) is 21.9. The fourth-order valence-corrected chi connectivity index (χ4v) is 5.57. The molecule has 0 unspecified atom stereocenters. The predicted molar refractivity (Wildman–Crippen MR) is 126 cm³/mol. The first-order valence-electron chi connectivity index (χ1n) is 10.5. The number of hydrogen-bond donors (Lipinski definition) is 2. The van der Waals surface area contributed by atoms with E-state index in [0.717, 1.165) is 32.8 Å². The van der Waals surface area contributed by atoms with Gasteiger partial charge >= 0.3 is 0 Å². The normalized spacial score (nSPS) is 15.1. The lowest BCUT2D eigenvalue weighted by Crippen LogP contribution is -2.36. The number of aromatic nitrogens is 4. The molecule has 5 heterocycles. The van der Waals surface area contributed by atoms with Gasteiger partial charge in [-0.3, -0.25) is 19.1 Å². The van der Waals surface area contributed by atoms with Gasteiger partial charge in [-0.1, -0.05) is 0 Å². The van der Waals surface area contributed by atoms with Gasteiger partial charge in [-0.2, -0.15) is 0 Å². The van der Waals surface area contributed by atoms with Gasteiger partial charge in [-0.05, 0) is 25.0 Å². The Bertz CT molecular complexity index is 1260. The van der Waals surface area contributed by atoms with Crippen molar-refractivity contribution in [2.24, 2.45) is 0 Å². The lowest BCUT2D eigenvalue weighted by molar-refractivity contribution is -0.124. The highest BCUT2D eigenvalue weighted by Gasteiger charge is 2.31. The third kappa shape index (κ3) is 4.28. The van der Waals surface area contributed by atoms with Crippen molar-refractivity contribution in [3.05, 3.63) is 68.4 Å². The van der Waals surface area contributed by atoms with E-state index in [2.05, 4.69) is 25.6 Å². The van der Waals surface area contributed by atoms with Crippen LogP contribution in [0.2, 0.25) is 0 Å². The molecular weight excluding hydrogens is 444 g/mol. The molecule has 1 aliphatic heterocycles. The van der Waals surface area contributed by atoms with Crippen LogP contribution in [0.15, 0.2) is 47.1 Å². The molecule has 0 fully saturated rings. The van der Waals surface area contributed by atoms with Crippen LogP contribution in [0.1, 0.15) is 34.6 Å². The summed E-state index contributed by atoms with van der Waals surface area (Å²) in [5.74, 6) is 0.514. The summed E-state index contributed by atoms with van der Waals surface area (Å²) in [4.78, 5) is 39.9. The molecule has 0 radical (unpaired) electrons. The Labute approximate surface area is 192 Å². The lowest BCUT2D eigenvalue weighted by Gasteiger charge is -2.15. The number of aryl methyl sites for hydroxylation is 2. The van der Waals surface area contributed by atoms with Gasteiger partial charge < -0.3 is 10.6 Å². The number of rotatable bonds is 8. The summed E-state index contributed by atoms with van der Waals surface area (Å²) in [5.41, 5.74) is 0.249. The molecule has 0 saturated heterocycles. The molecule has 4 aromatic heterocycles. The van der Waals surface area contributed by atoms with Crippen molar-refractivity contribution in [2.45, 2.75) is 38.3 Å². The van der Waals surface area contributed by atoms with Crippen molar-refractivity contribution in [2.75, 3.05) is 11.9 Å². The predicted octanol–water partition coefficient (Wildman–Crippen LogP) is 3.16. The Morgan fingerprint density at radius 1 is 1.25 bits per heavy atom. The zero-order valence-corrected chi connectivity index (χ0v) is 18.9. The van der Waals surface area contributed by atoms with Crippen LogP contribution in [-0.2, 0) is 24.2 Å². The van der Waals surface area contributed by atoms with E-state index in [1.165, 1.54) is 0 Å². The average Bonchev–Trinajstić information content (AvgIpc) is 3.55. The number of pyridine rings is 1. The fraction of sp³-hybridized carbons (Fsp3) is 0.318. The van der Waals surface area contributed by atoms with Gasteiger partial charge in [0.1, 0.15) is 17.6 Å². The highest BCUT2D eigenvalue weighted by Crippen LogP contribution is 2.26. The molecule has 10 heteroatoms. The number of amides is 1. The largest absolute Gasteiger partial charge is 0.379 e. The van der Waals surface area contributed by atoms with Crippen LogP contribution >= 0.6 is 22.7 Å². The second-order valence-electron chi connectivity index (χ2n) is 7.62. The van der Waals surface area contributed by atoms with Gasteiger partial charge in [-0.15, -0.1) is 22.7 Å². The van der Waals surface area contributed by atoms with Crippen LogP contribution in [0.25, 0.3) is 10.1 Å². The van der Waals surface area contributed by atoms with Crippen molar-refractivity contribution in [3.63, 3.8) is 0 Å². The molecule has 0 aliphatic carbocycles. The standard InChI is InChI=1S/C22H22N6O2S2/c29-21(27-12-15-10-14-11-23-7-5-18(14)32-15)17-3-4-19-26-13-16(22(30)28(17)19)24-6-1-2-20-25-8-9-31-20/h5,7-11,13,17,24H,1-4,6,12H2,(H,27,29)/t17-/m0/s1. The minimum atomic E-state index is -0.530. The molecule has 5 rings (SSSR count). The van der Waals surface area contributed by atoms with Crippen LogP contribution in [0.5, 0.6) is 0 Å². The SMILES string of the molecule is O=C(NCc1cc2cnccc2s1)[C@@H]1CCc2ncc(NCCCc3nccs3)c(=O)n21. The minimum absolute atomic E-state index is 0.149. The summed E-state index contributed by atoms with van der Waals surface area (Å²) in [6.45, 7) is 1.08. The van der Waals surface area contributed by atoms with Gasteiger partial charge in [-0.25, -0.2) is 9.97 Å². The number of thiophene rings is 1. The van der Waals surface area contributed by atoms with Crippen LogP contribution in [-0.4, -0.2) is 32.0 Å². The van der Waals surface area contributed by atoms with E-state index in [-0.39, 0.29) is 11.5 Å². The molecular formula is C22H22N6O2S2. The highest BCUT2D eigenvalue weighted by atomic mass is 32.1. The monoisotopic (exact) mass is 466 g/mol. The maximum absolute atomic E-state index is 13.1. The first-order chi connectivity index (χ1) is 15.7. The van der Waals surface area contributed by atoms with E-state index in [9.17, 15) is 9.59 Å². The topological polar surface area (TPSA) is 102 Å². The van der Waals surface area contributed by atoms with Crippen molar-refractivity contribution >= 4 is 44.4 Å². The van der Waals surface area contributed by atoms with Crippen molar-refractivity contribution in [1.82, 2.24) is 24.8 Å². The number of carbonyl (C=O) groups excluding carboxylic acids is 1. The Balaban J connectivity index is 1.23. The van der Waals surface area contributed by atoms with E-state index in [1.807, 2.05) is 23.7 Å². The molecule has 0 bridgehead atoms. The Morgan fingerprint density at radius 3 is 3.03 bits per heavy atom. The first-order valence-corrected chi connectivity index (χ1v) is 12.2. The number of nitrogens with zero attached hydrogens (tertiary/aromatic N) is 4. The van der Waals surface area contributed by atoms with Crippen LogP contribution in [0.4, 0.5) is 5.69 Å². The van der Waals surface area contributed by atoms with E-state index in [1.54, 1.807) is 45.8 Å². The van der Waals surface area contributed by atoms with Crippen molar-refractivity contribution < 1.29 is 4.79 Å². The summed E-state index contributed by atoms with van der Waals surface area (Å²) in [5, 5.41) is 10.3. The van der Waals surface area contributed by atoms with Gasteiger partial charge in [0.05, 0.1) is 17.7 Å². The van der Waals surface area contributed by atoms with Gasteiger partial charge in [0.15, 0.2) is 0 Å². The molecule has 1 atom stereocenters. The van der Waals surface area contributed by atoms with Crippen LogP contribution < -0.4 is 16.2 Å². The second kappa shape index (κ2) is 9.17. The molecule has 0 spiro atoms. The minimum Gasteiger partial charge on any atom is -0.379 e. The molecule has 32 heavy (non-hydrogen) atoms. The third-order valence-corrected chi connectivity index (χ3v) is 7.45. The molecule has 1 amide bonds. The van der Waals surface area contributed by atoms with Crippen LogP contribution in [0.3, 0.4) is 0 Å². The number of nitrogens with one attached hydrogen (secondary N) is 2. The lowest BCUT2D eigenvalue weighted by atomic mass is 10.2. The summed E-state index contributed by atoms with van der Waals surface area (Å²) in [6.07, 6.45) is 9.90. The third-order valence-electron chi connectivity index (χ3n) is 5.50. The maximum atomic E-state index is 13.1. The van der Waals surface area contributed by atoms with E-state index in [0.29, 0.717) is 37.4 Å². The fourth-order valence-electron chi connectivity index (χ4n) is 3.93. The van der Waals surface area contributed by atoms with E-state index in [4.69, 9.17) is 0 Å². The number of thiazole rings is 1. The van der Waals surface area contributed by atoms with Crippen molar-refractivity contribution in [3.8, 4) is 0 Å². The van der Waals surface area contributed by atoms with E-state index < -0.39 is 6.04 Å². The Kier molecular flexibility index (Phi) is 5.95. The summed E-state index contributed by atoms with van der Waals surface area (Å²) >= 11 is 3.27. The zero-order valence-electron chi connectivity index (χ0n) is 17.3. The summed E-state index contributed by atoms with van der Waals surface area (Å²) < 4.78 is 2.69. The van der Waals surface area contributed by atoms with Gasteiger partial charge in [0.25, 0.3) is 5.56 Å². The van der Waals surface area contributed by atoms with Crippen molar-refractivity contribution in [1.29, 1.82) is 0 Å². The number of anilines is 1. The Hall–Kier alpha value is -3.11. The highest BCUT2D eigenvalue weighted by molar-refractivity contribution is 7.19. The molecule has 2 N–H and O–H groups in total. The number of carbonyl (C=O) groups is 1. The van der Waals surface area contributed by atoms with E-state index >= 15 is 0 Å². The van der Waals surface area contributed by atoms with Gasteiger partial charge in [0.2, 0.25) is 5.91 Å². The second-order valence-corrected chi connectivity index (χ2v) is 9.77. The molecule has 0 aromatic carbocycles. The molecule has 0 saturated carbocycles. The molecule has 1 aliphatic rings. The summed E-state index contributed by atoms with van der Waals surface area (Å²) in [7, 11) is 0. The number of fused-ring (bicyclic) bond motifs is 2. The smallest absolute Gasteiger partial charge is 0.277 e. The first kappa shape index (κ1) is 20.8. The quantitative estimate of drug-likeness (QED) is 0.387. The van der Waals surface area contributed by atoms with Gasteiger partial charge in [0, 0.05) is 58.3 Å². The maximum Gasteiger partial charge on any atom is 0.277 e. The molecule has 8 nitrogen and oxygen atoms in total. The summed E-state index contributed by atoms with van der Waals surface area (Å²) in [6, 6.07) is 3.48. The Morgan fingerprint density at radius 2 is 2.19 bits per heavy atom. The molecule has 164 valence electrons. The molecule has 4 aromatic rings. The number of hydrogen-bond acceptors (Lipinski definition) is 8. The van der Waals surface area contributed by atoms with Crippen LogP contribution in [0, 0.1) is 0 Å².